The fraction of sp³-hybridized carbons (Fsp3) is 0.600. The van der Waals surface area contributed by atoms with Crippen LogP contribution in [0.4, 0.5) is 0 Å². The lowest BCUT2D eigenvalue weighted by Crippen LogP contribution is -2.51. The fourth-order valence-corrected chi connectivity index (χ4v) is 4.53. The van der Waals surface area contributed by atoms with E-state index >= 15 is 0 Å². The van der Waals surface area contributed by atoms with Crippen LogP contribution in [0, 0.1) is 0 Å². The topological polar surface area (TPSA) is 97.3 Å². The van der Waals surface area contributed by atoms with Crippen molar-refractivity contribution in [2.45, 2.75) is 56.9 Å². The van der Waals surface area contributed by atoms with E-state index in [4.69, 9.17) is 37.9 Å². The van der Waals surface area contributed by atoms with Crippen molar-refractivity contribution in [3.05, 3.63) is 71.8 Å². The van der Waals surface area contributed by atoms with Gasteiger partial charge in [0.25, 0.3) is 0 Å². The number of ether oxygens (including phenoxy) is 8. The van der Waals surface area contributed by atoms with Gasteiger partial charge >= 0.3 is 0 Å². The molecule has 2 rings (SSSR count). The van der Waals surface area contributed by atoms with E-state index in [1.807, 2.05) is 43.3 Å². The zero-order valence-corrected chi connectivity index (χ0v) is 24.5. The first-order chi connectivity index (χ1) is 19.6. The van der Waals surface area contributed by atoms with E-state index in [-0.39, 0.29) is 33.8 Å². The lowest BCUT2D eigenvalue weighted by Gasteiger charge is -2.39. The molecule has 0 unspecified atom stereocenters. The number of methoxy groups -OCH3 is 4. The maximum atomic E-state index is 10.8. The molecule has 10 heteroatoms. The summed E-state index contributed by atoms with van der Waals surface area (Å²) in [7, 11) is 6.25. The summed E-state index contributed by atoms with van der Waals surface area (Å²) in [6, 6.07) is 19.9. The predicted molar refractivity (Wildman–Crippen MR) is 150 cm³/mol. The van der Waals surface area contributed by atoms with E-state index < -0.39 is 30.5 Å². The van der Waals surface area contributed by atoms with Crippen molar-refractivity contribution in [3.8, 4) is 0 Å². The minimum atomic E-state index is -0.546. The van der Waals surface area contributed by atoms with Gasteiger partial charge in [0.2, 0.25) is 0 Å². The minimum absolute atomic E-state index is 0.0348. The van der Waals surface area contributed by atoms with Gasteiger partial charge in [0.15, 0.2) is 0 Å². The summed E-state index contributed by atoms with van der Waals surface area (Å²) in [4.78, 5) is 2.22. The standard InChI is InChI=1S/C30H47NO9/c1-24(37-20-33-2)30(40-23-36-5)29(39-22-35-4)16-28(38-21-34-3)27(19-32)31(17-25-12-8-6-9-13-25)18-26-14-10-7-11-15-26/h6-15,24,27-30,32H,16-23H2,1-5H3/t24-,27-,28+,29-,30+/m1/s1. The Bertz CT molecular complexity index is 819. The van der Waals surface area contributed by atoms with Gasteiger partial charge in [0.05, 0.1) is 31.0 Å². The summed E-state index contributed by atoms with van der Waals surface area (Å²) < 4.78 is 45.0. The highest BCUT2D eigenvalue weighted by atomic mass is 16.7. The van der Waals surface area contributed by atoms with Crippen LogP contribution in [-0.4, -0.2) is 103 Å². The summed E-state index contributed by atoms with van der Waals surface area (Å²) in [5, 5.41) is 10.8. The molecule has 0 aromatic heterocycles. The average molecular weight is 566 g/mol. The van der Waals surface area contributed by atoms with Crippen LogP contribution in [0.2, 0.25) is 0 Å². The van der Waals surface area contributed by atoms with Crippen LogP contribution >= 0.6 is 0 Å². The zero-order chi connectivity index (χ0) is 29.0. The monoisotopic (exact) mass is 565 g/mol. The third kappa shape index (κ3) is 12.3. The molecule has 0 spiro atoms. The summed E-state index contributed by atoms with van der Waals surface area (Å²) in [5.41, 5.74) is 2.25. The van der Waals surface area contributed by atoms with Gasteiger partial charge in [-0.2, -0.15) is 0 Å². The molecule has 40 heavy (non-hydrogen) atoms. The number of aliphatic hydroxyl groups is 1. The lowest BCUT2D eigenvalue weighted by atomic mass is 9.96. The van der Waals surface area contributed by atoms with Crippen molar-refractivity contribution in [3.63, 3.8) is 0 Å². The molecule has 0 saturated carbocycles. The highest BCUT2D eigenvalue weighted by Gasteiger charge is 2.37. The van der Waals surface area contributed by atoms with Gasteiger partial charge in [-0.25, -0.2) is 0 Å². The fourth-order valence-electron chi connectivity index (χ4n) is 4.53. The van der Waals surface area contributed by atoms with Gasteiger partial charge in [-0.05, 0) is 18.1 Å². The van der Waals surface area contributed by atoms with E-state index in [0.717, 1.165) is 11.1 Å². The molecule has 0 aliphatic carbocycles. The van der Waals surface area contributed by atoms with Crippen molar-refractivity contribution in [2.75, 3.05) is 62.2 Å². The molecular weight excluding hydrogens is 518 g/mol. The minimum Gasteiger partial charge on any atom is -0.395 e. The summed E-state index contributed by atoms with van der Waals surface area (Å²) >= 11 is 0. The smallest absolute Gasteiger partial charge is 0.146 e. The van der Waals surface area contributed by atoms with Crippen molar-refractivity contribution in [1.82, 2.24) is 4.90 Å². The first kappa shape index (κ1) is 34.2. The van der Waals surface area contributed by atoms with Gasteiger partial charge in [-0.1, -0.05) is 60.7 Å². The molecule has 5 atom stereocenters. The summed E-state index contributed by atoms with van der Waals surface area (Å²) in [6.07, 6.45) is -1.63. The molecular formula is C30H47NO9. The van der Waals surface area contributed by atoms with Crippen LogP contribution in [0.25, 0.3) is 0 Å². The van der Waals surface area contributed by atoms with E-state index in [1.54, 1.807) is 28.4 Å². The number of rotatable bonds is 23. The highest BCUT2D eigenvalue weighted by Crippen LogP contribution is 2.24. The molecule has 0 fully saturated rings. The number of nitrogens with zero attached hydrogens (tertiary/aromatic N) is 1. The van der Waals surface area contributed by atoms with Crippen LogP contribution in [0.5, 0.6) is 0 Å². The molecule has 0 bridgehead atoms. The van der Waals surface area contributed by atoms with Crippen LogP contribution in [0.1, 0.15) is 24.5 Å². The molecule has 2 aromatic carbocycles. The number of hydrogen-bond donors (Lipinski definition) is 1. The van der Waals surface area contributed by atoms with Crippen LogP contribution < -0.4 is 0 Å². The molecule has 0 amide bonds. The Kier molecular flexibility index (Phi) is 17.8. The first-order valence-corrected chi connectivity index (χ1v) is 13.4. The van der Waals surface area contributed by atoms with Gasteiger partial charge in [0.1, 0.15) is 33.3 Å². The number of hydrogen-bond acceptors (Lipinski definition) is 10. The maximum absolute atomic E-state index is 10.8. The van der Waals surface area contributed by atoms with Crippen LogP contribution in [0.3, 0.4) is 0 Å². The second-order valence-corrected chi connectivity index (χ2v) is 9.40. The zero-order valence-electron chi connectivity index (χ0n) is 24.5. The predicted octanol–water partition coefficient (Wildman–Crippen LogP) is 3.42. The Labute approximate surface area is 239 Å². The molecule has 1 N–H and O–H groups in total. The van der Waals surface area contributed by atoms with Gasteiger partial charge in [0, 0.05) is 47.9 Å². The van der Waals surface area contributed by atoms with Gasteiger partial charge in [-0.15, -0.1) is 0 Å². The third-order valence-electron chi connectivity index (χ3n) is 6.46. The largest absolute Gasteiger partial charge is 0.395 e. The molecule has 226 valence electrons. The molecule has 2 aromatic rings. The Hall–Kier alpha value is -1.96. The summed E-state index contributed by atoms with van der Waals surface area (Å²) in [6.45, 7) is 3.16. The van der Waals surface area contributed by atoms with Crippen molar-refractivity contribution in [1.29, 1.82) is 0 Å². The molecule has 0 radical (unpaired) electrons. The average Bonchev–Trinajstić information content (AvgIpc) is 2.98. The third-order valence-corrected chi connectivity index (χ3v) is 6.46. The number of aliphatic hydroxyl groups excluding tert-OH is 1. The molecule has 0 aliphatic heterocycles. The van der Waals surface area contributed by atoms with E-state index in [0.29, 0.717) is 19.5 Å². The van der Waals surface area contributed by atoms with Gasteiger partial charge in [-0.3, -0.25) is 4.90 Å². The quantitative estimate of drug-likeness (QED) is 0.202. The Balaban J connectivity index is 2.41. The van der Waals surface area contributed by atoms with Crippen molar-refractivity contribution in [2.24, 2.45) is 0 Å². The highest BCUT2D eigenvalue weighted by molar-refractivity contribution is 5.17. The van der Waals surface area contributed by atoms with Gasteiger partial charge < -0.3 is 43.0 Å². The van der Waals surface area contributed by atoms with E-state index in [9.17, 15) is 5.11 Å². The van der Waals surface area contributed by atoms with Crippen molar-refractivity contribution < 1.29 is 43.0 Å². The lowest BCUT2D eigenvalue weighted by molar-refractivity contribution is -0.215. The van der Waals surface area contributed by atoms with Crippen LogP contribution in [0.15, 0.2) is 60.7 Å². The van der Waals surface area contributed by atoms with Crippen LogP contribution in [-0.2, 0) is 51.0 Å². The Morgan fingerprint density at radius 3 is 1.55 bits per heavy atom. The second-order valence-electron chi connectivity index (χ2n) is 9.40. The van der Waals surface area contributed by atoms with E-state index in [2.05, 4.69) is 29.2 Å². The maximum Gasteiger partial charge on any atom is 0.146 e. The number of benzene rings is 2. The summed E-state index contributed by atoms with van der Waals surface area (Å²) in [5.74, 6) is 0. The molecule has 0 aliphatic rings. The van der Waals surface area contributed by atoms with E-state index in [1.165, 1.54) is 0 Å². The Morgan fingerprint density at radius 2 is 1.07 bits per heavy atom. The first-order valence-electron chi connectivity index (χ1n) is 13.4. The molecule has 0 heterocycles. The SMILES string of the molecule is COCO[C@@H]([C@@H](C)OCOC)[C@@H](C[C@H](OCOC)[C@@H](CO)N(Cc1ccccc1)Cc1ccccc1)OCOC. The second kappa shape index (κ2) is 20.8. The molecule has 10 nitrogen and oxygen atoms in total. The Morgan fingerprint density at radius 1 is 0.625 bits per heavy atom. The normalized spacial score (nSPS) is 15.6. The van der Waals surface area contributed by atoms with Crippen molar-refractivity contribution >= 4 is 0 Å². The molecule has 0 saturated heterocycles.